The molecule has 0 aliphatic heterocycles. The van der Waals surface area contributed by atoms with Gasteiger partial charge >= 0.3 is 0 Å². The van der Waals surface area contributed by atoms with Crippen LogP contribution in [0.1, 0.15) is 11.9 Å². The van der Waals surface area contributed by atoms with Crippen LogP contribution in [-0.4, -0.2) is 51.6 Å². The van der Waals surface area contributed by atoms with Crippen LogP contribution >= 0.6 is 46.4 Å². The Morgan fingerprint density at radius 3 is 2.46 bits per heavy atom. The van der Waals surface area contributed by atoms with Gasteiger partial charge in [-0.2, -0.15) is 5.21 Å². The molecule has 1 heterocycles. The lowest BCUT2D eigenvalue weighted by atomic mass is 10.2. The van der Waals surface area contributed by atoms with E-state index < -0.39 is 6.04 Å². The van der Waals surface area contributed by atoms with Gasteiger partial charge < -0.3 is 14.8 Å². The average molecular weight is 582 g/mol. The molecule has 2 N–H and O–H groups in total. The molecular weight excluding hydrogens is 562 g/mol. The van der Waals surface area contributed by atoms with Crippen LogP contribution in [0.2, 0.25) is 20.1 Å². The molecule has 13 heteroatoms. The van der Waals surface area contributed by atoms with Gasteiger partial charge in [-0.05, 0) is 49.5 Å². The van der Waals surface area contributed by atoms with E-state index in [1.807, 2.05) is 6.07 Å². The van der Waals surface area contributed by atoms with Crippen LogP contribution in [0.5, 0.6) is 17.2 Å². The molecule has 0 saturated carbocycles. The van der Waals surface area contributed by atoms with E-state index in [1.54, 1.807) is 66.5 Å². The monoisotopic (exact) mass is 580 g/mol. The van der Waals surface area contributed by atoms with Gasteiger partial charge in [-0.1, -0.05) is 69.8 Å². The van der Waals surface area contributed by atoms with Crippen LogP contribution in [0.4, 0.5) is 5.69 Å². The fourth-order valence-electron chi connectivity index (χ4n) is 3.32. The summed E-state index contributed by atoms with van der Waals surface area (Å²) in [5.74, 6) is 1.30. The molecule has 1 unspecified atom stereocenters. The minimum absolute atomic E-state index is 0.000911. The lowest BCUT2D eigenvalue weighted by Gasteiger charge is -2.25. The molecule has 3 aromatic carbocycles. The first-order valence-corrected chi connectivity index (χ1v) is 12.3. The normalized spacial score (nSPS) is 11.8. The number of nitrogens with one attached hydrogen (secondary N) is 2. The van der Waals surface area contributed by atoms with Crippen molar-refractivity contribution in [3.63, 3.8) is 0 Å². The lowest BCUT2D eigenvalue weighted by molar-refractivity contribution is -0.117. The Morgan fingerprint density at radius 1 is 0.973 bits per heavy atom. The molecule has 0 aliphatic rings. The number of ether oxygens (including phenoxy) is 2. The van der Waals surface area contributed by atoms with Crippen LogP contribution in [-0.2, 0) is 4.79 Å². The second-order valence-corrected chi connectivity index (χ2v) is 9.39. The number of carbonyl (C=O) groups is 1. The number of amides is 1. The predicted octanol–water partition coefficient (Wildman–Crippen LogP) is 6.30. The highest BCUT2D eigenvalue weighted by molar-refractivity contribution is 6.43. The van der Waals surface area contributed by atoms with E-state index >= 15 is 0 Å². The summed E-state index contributed by atoms with van der Waals surface area (Å²) in [6.45, 7) is 0.135. The van der Waals surface area contributed by atoms with Gasteiger partial charge in [-0.3, -0.25) is 9.69 Å². The van der Waals surface area contributed by atoms with Gasteiger partial charge in [0.15, 0.2) is 5.82 Å². The van der Waals surface area contributed by atoms with Crippen LogP contribution in [0, 0.1) is 0 Å². The van der Waals surface area contributed by atoms with Crippen molar-refractivity contribution in [2.24, 2.45) is 0 Å². The Kier molecular flexibility index (Phi) is 9.07. The summed E-state index contributed by atoms with van der Waals surface area (Å²) < 4.78 is 11.6. The number of rotatable bonds is 10. The van der Waals surface area contributed by atoms with Crippen molar-refractivity contribution in [2.75, 3.05) is 25.5 Å². The van der Waals surface area contributed by atoms with Crippen molar-refractivity contribution in [2.45, 2.75) is 6.04 Å². The van der Waals surface area contributed by atoms with Crippen LogP contribution in [0.3, 0.4) is 0 Å². The minimum Gasteiger partial charge on any atom is -0.490 e. The zero-order valence-corrected chi connectivity index (χ0v) is 22.3. The Balaban J connectivity index is 1.39. The first-order chi connectivity index (χ1) is 17.8. The van der Waals surface area contributed by atoms with E-state index in [2.05, 4.69) is 25.9 Å². The number of tetrazole rings is 1. The topological polar surface area (TPSA) is 105 Å². The molecule has 0 saturated heterocycles. The van der Waals surface area contributed by atoms with E-state index in [9.17, 15) is 4.79 Å². The number of aromatic amines is 1. The SMILES string of the molecule is CN(CC(=O)Nc1ccc(Oc2cccc(Cl)c2Cl)c(Cl)c1)C(COc1ccccc1Cl)c1nn[nH]n1. The summed E-state index contributed by atoms with van der Waals surface area (Å²) in [5, 5.41) is 18.3. The third kappa shape index (κ3) is 7.03. The molecule has 0 fully saturated rings. The highest BCUT2D eigenvalue weighted by atomic mass is 35.5. The fourth-order valence-corrected chi connectivity index (χ4v) is 4.06. The van der Waals surface area contributed by atoms with Gasteiger partial charge in [-0.15, -0.1) is 10.2 Å². The standard InChI is InChI=1S/C24H20Cl4N6O3/c1-34(18(24-30-32-33-31-24)13-36-19-7-3-2-5-15(19)25)12-22(35)29-14-9-10-20(17(27)11-14)37-21-8-4-6-16(26)23(21)28/h2-11,18H,12-13H2,1H3,(H,29,35)(H,30,31,32,33). The van der Waals surface area contributed by atoms with Gasteiger partial charge in [0, 0.05) is 5.69 Å². The molecule has 0 aliphatic carbocycles. The van der Waals surface area contributed by atoms with Gasteiger partial charge in [0.1, 0.15) is 34.9 Å². The van der Waals surface area contributed by atoms with Crippen LogP contribution < -0.4 is 14.8 Å². The third-order valence-corrected chi connectivity index (χ3v) is 6.58. The molecule has 37 heavy (non-hydrogen) atoms. The molecule has 1 aromatic heterocycles. The first-order valence-electron chi connectivity index (χ1n) is 10.8. The van der Waals surface area contributed by atoms with E-state index in [0.717, 1.165) is 0 Å². The Labute approximate surface area is 232 Å². The van der Waals surface area contributed by atoms with Crippen LogP contribution in [0.25, 0.3) is 0 Å². The molecule has 1 atom stereocenters. The minimum atomic E-state index is -0.484. The summed E-state index contributed by atoms with van der Waals surface area (Å²) in [6, 6.07) is 16.5. The zero-order chi connectivity index (χ0) is 26.4. The quantitative estimate of drug-likeness (QED) is 0.226. The highest BCUT2D eigenvalue weighted by Crippen LogP contribution is 2.38. The first kappa shape index (κ1) is 27.0. The summed E-state index contributed by atoms with van der Waals surface area (Å²) in [4.78, 5) is 14.5. The van der Waals surface area contributed by atoms with Crippen molar-refractivity contribution in [3.05, 3.63) is 86.6 Å². The van der Waals surface area contributed by atoms with E-state index in [1.165, 1.54) is 0 Å². The van der Waals surface area contributed by atoms with Gasteiger partial charge in [0.05, 0.1) is 21.6 Å². The van der Waals surface area contributed by atoms with E-state index in [4.69, 9.17) is 55.9 Å². The molecule has 4 rings (SSSR count). The van der Waals surface area contributed by atoms with E-state index in [-0.39, 0.29) is 29.1 Å². The number of aromatic nitrogens is 4. The number of hydrogen-bond acceptors (Lipinski definition) is 7. The second kappa shape index (κ2) is 12.4. The number of halogens is 4. The number of carbonyl (C=O) groups excluding carboxylic acids is 1. The Bertz CT molecular complexity index is 1370. The summed E-state index contributed by atoms with van der Waals surface area (Å²) >= 11 is 24.8. The number of hydrogen-bond donors (Lipinski definition) is 2. The van der Waals surface area contributed by atoms with Crippen molar-refractivity contribution >= 4 is 58.0 Å². The van der Waals surface area contributed by atoms with Crippen molar-refractivity contribution in [1.82, 2.24) is 25.5 Å². The Hall–Kier alpha value is -3.08. The average Bonchev–Trinajstić information content (AvgIpc) is 3.39. The number of benzene rings is 3. The molecule has 0 radical (unpaired) electrons. The Morgan fingerprint density at radius 2 is 1.73 bits per heavy atom. The highest BCUT2D eigenvalue weighted by Gasteiger charge is 2.25. The molecular formula is C24H20Cl4N6O3. The van der Waals surface area contributed by atoms with Gasteiger partial charge in [0.25, 0.3) is 0 Å². The molecule has 1 amide bonds. The summed E-state index contributed by atoms with van der Waals surface area (Å²) in [6.07, 6.45) is 0. The number of para-hydroxylation sites is 1. The number of likely N-dealkylation sites (N-methyl/N-ethyl adjacent to an activating group) is 1. The van der Waals surface area contributed by atoms with Crippen LogP contribution in [0.15, 0.2) is 60.7 Å². The number of anilines is 1. The largest absolute Gasteiger partial charge is 0.490 e. The van der Waals surface area contributed by atoms with Crippen molar-refractivity contribution < 1.29 is 14.3 Å². The number of H-pyrrole nitrogens is 1. The molecule has 4 aromatic rings. The zero-order valence-electron chi connectivity index (χ0n) is 19.3. The van der Waals surface area contributed by atoms with E-state index in [0.29, 0.717) is 38.8 Å². The maximum absolute atomic E-state index is 12.8. The smallest absolute Gasteiger partial charge is 0.238 e. The molecule has 9 nitrogen and oxygen atoms in total. The maximum atomic E-state index is 12.8. The molecule has 0 spiro atoms. The van der Waals surface area contributed by atoms with Crippen molar-refractivity contribution in [3.8, 4) is 17.2 Å². The second-order valence-electron chi connectivity index (χ2n) is 7.79. The maximum Gasteiger partial charge on any atom is 0.238 e. The summed E-state index contributed by atoms with van der Waals surface area (Å²) in [5.41, 5.74) is 0.483. The molecule has 0 bridgehead atoms. The lowest BCUT2D eigenvalue weighted by Crippen LogP contribution is -2.36. The van der Waals surface area contributed by atoms with Gasteiger partial charge in [-0.25, -0.2) is 0 Å². The third-order valence-electron chi connectivity index (χ3n) is 5.17. The summed E-state index contributed by atoms with van der Waals surface area (Å²) in [7, 11) is 1.75. The van der Waals surface area contributed by atoms with Gasteiger partial charge in [0.2, 0.25) is 5.91 Å². The fraction of sp³-hybridized carbons (Fsp3) is 0.167. The molecule has 192 valence electrons. The predicted molar refractivity (Wildman–Crippen MR) is 143 cm³/mol. The van der Waals surface area contributed by atoms with Crippen molar-refractivity contribution in [1.29, 1.82) is 0 Å². The number of nitrogens with zero attached hydrogens (tertiary/aromatic N) is 4.